The normalized spacial score (nSPS) is 17.1. The zero-order valence-corrected chi connectivity index (χ0v) is 10.4. The van der Waals surface area contributed by atoms with E-state index in [1.807, 2.05) is 12.1 Å². The van der Waals surface area contributed by atoms with Crippen LogP contribution < -0.4 is 5.32 Å². The lowest BCUT2D eigenvalue weighted by Gasteiger charge is -2.22. The molecule has 0 aliphatic carbocycles. The fourth-order valence-corrected chi connectivity index (χ4v) is 2.04. The molecule has 0 saturated carbocycles. The van der Waals surface area contributed by atoms with Crippen LogP contribution in [0.3, 0.4) is 0 Å². The van der Waals surface area contributed by atoms with Crippen LogP contribution in [0.4, 0.5) is 4.39 Å². The summed E-state index contributed by atoms with van der Waals surface area (Å²) in [6, 6.07) is 6.90. The van der Waals surface area contributed by atoms with Gasteiger partial charge in [0.15, 0.2) is 0 Å². The van der Waals surface area contributed by atoms with E-state index in [1.165, 1.54) is 18.4 Å². The van der Waals surface area contributed by atoms with Gasteiger partial charge in [-0.2, -0.15) is 0 Å². The van der Waals surface area contributed by atoms with Gasteiger partial charge in [-0.15, -0.1) is 17.0 Å². The third kappa shape index (κ3) is 3.92. The van der Waals surface area contributed by atoms with Crippen molar-refractivity contribution in [3.8, 4) is 0 Å². The van der Waals surface area contributed by atoms with Crippen LogP contribution in [-0.4, -0.2) is 13.1 Å². The van der Waals surface area contributed by atoms with Crippen molar-refractivity contribution in [1.29, 1.82) is 0 Å². The highest BCUT2D eigenvalue weighted by atomic mass is 79.9. The highest BCUT2D eigenvalue weighted by molar-refractivity contribution is 8.93. The molecule has 3 heteroatoms. The molecule has 15 heavy (non-hydrogen) atoms. The summed E-state index contributed by atoms with van der Waals surface area (Å²) in [6.07, 6.45) is 3.59. The molecule has 1 N–H and O–H groups in total. The minimum Gasteiger partial charge on any atom is -0.317 e. The Morgan fingerprint density at radius 3 is 2.33 bits per heavy atom. The smallest absolute Gasteiger partial charge is 0.123 e. The summed E-state index contributed by atoms with van der Waals surface area (Å²) >= 11 is 0. The predicted octanol–water partition coefficient (Wildman–Crippen LogP) is 2.95. The number of hydrogen-bond donors (Lipinski definition) is 1. The third-order valence-electron chi connectivity index (χ3n) is 2.90. The summed E-state index contributed by atoms with van der Waals surface area (Å²) in [5.74, 6) is 0.640. The standard InChI is InChI=1S/C12H16FN.BrH/c13-12-3-1-10(2-4-12)9-11-5-7-14-8-6-11;/h1-4,11,14H,5-9H2;1H. The van der Waals surface area contributed by atoms with Crippen LogP contribution in [0.5, 0.6) is 0 Å². The van der Waals surface area contributed by atoms with Gasteiger partial charge in [-0.1, -0.05) is 12.1 Å². The van der Waals surface area contributed by atoms with Gasteiger partial charge in [-0.3, -0.25) is 0 Å². The molecule has 0 amide bonds. The van der Waals surface area contributed by atoms with Crippen LogP contribution in [0.15, 0.2) is 24.3 Å². The second kappa shape index (κ2) is 6.23. The van der Waals surface area contributed by atoms with Crippen LogP contribution in [-0.2, 0) is 6.42 Å². The molecule has 84 valence electrons. The maximum atomic E-state index is 12.7. The molecule has 1 aliphatic rings. The number of piperidine rings is 1. The maximum absolute atomic E-state index is 12.7. The quantitative estimate of drug-likeness (QED) is 0.874. The first-order valence-electron chi connectivity index (χ1n) is 5.30. The third-order valence-corrected chi connectivity index (χ3v) is 2.90. The van der Waals surface area contributed by atoms with E-state index in [2.05, 4.69) is 5.32 Å². The second-order valence-corrected chi connectivity index (χ2v) is 4.02. The molecule has 1 saturated heterocycles. The summed E-state index contributed by atoms with van der Waals surface area (Å²) in [5.41, 5.74) is 1.26. The van der Waals surface area contributed by atoms with Crippen LogP contribution in [0.25, 0.3) is 0 Å². The first kappa shape index (κ1) is 12.7. The number of benzene rings is 1. The van der Waals surface area contributed by atoms with E-state index in [1.54, 1.807) is 12.1 Å². The van der Waals surface area contributed by atoms with Crippen molar-refractivity contribution in [3.63, 3.8) is 0 Å². The zero-order chi connectivity index (χ0) is 9.80. The summed E-state index contributed by atoms with van der Waals surface area (Å²) in [4.78, 5) is 0. The average Bonchev–Trinajstić information content (AvgIpc) is 2.23. The van der Waals surface area contributed by atoms with Crippen molar-refractivity contribution in [2.75, 3.05) is 13.1 Å². The predicted molar refractivity (Wildman–Crippen MR) is 66.0 cm³/mol. The highest BCUT2D eigenvalue weighted by Gasteiger charge is 2.13. The number of halogens is 2. The molecule has 0 atom stereocenters. The first-order valence-corrected chi connectivity index (χ1v) is 5.30. The molecule has 1 aliphatic heterocycles. The highest BCUT2D eigenvalue weighted by Crippen LogP contribution is 2.17. The van der Waals surface area contributed by atoms with Crippen molar-refractivity contribution >= 4 is 17.0 Å². The Labute approximate surface area is 101 Å². The van der Waals surface area contributed by atoms with Crippen LogP contribution in [0.2, 0.25) is 0 Å². The molecular formula is C12H17BrFN. The van der Waals surface area contributed by atoms with E-state index in [0.29, 0.717) is 0 Å². The molecule has 1 aromatic rings. The van der Waals surface area contributed by atoms with Gasteiger partial charge in [0, 0.05) is 0 Å². The Balaban J connectivity index is 0.00000112. The lowest BCUT2D eigenvalue weighted by Crippen LogP contribution is -2.28. The Kier molecular flexibility index (Phi) is 5.26. The minimum absolute atomic E-state index is 0. The summed E-state index contributed by atoms with van der Waals surface area (Å²) < 4.78 is 12.7. The van der Waals surface area contributed by atoms with Crippen molar-refractivity contribution in [2.45, 2.75) is 19.3 Å². The van der Waals surface area contributed by atoms with Gasteiger partial charge < -0.3 is 5.32 Å². The number of rotatable bonds is 2. The second-order valence-electron chi connectivity index (χ2n) is 4.02. The maximum Gasteiger partial charge on any atom is 0.123 e. The van der Waals surface area contributed by atoms with Gasteiger partial charge in [0.25, 0.3) is 0 Å². The monoisotopic (exact) mass is 273 g/mol. The van der Waals surface area contributed by atoms with Crippen molar-refractivity contribution in [3.05, 3.63) is 35.6 Å². The van der Waals surface area contributed by atoms with E-state index in [0.717, 1.165) is 25.4 Å². The lowest BCUT2D eigenvalue weighted by molar-refractivity contribution is 0.372. The largest absolute Gasteiger partial charge is 0.317 e. The molecule has 1 heterocycles. The van der Waals surface area contributed by atoms with Crippen LogP contribution in [0.1, 0.15) is 18.4 Å². The number of hydrogen-bond acceptors (Lipinski definition) is 1. The molecule has 2 rings (SSSR count). The van der Waals surface area contributed by atoms with Gasteiger partial charge >= 0.3 is 0 Å². The van der Waals surface area contributed by atoms with E-state index in [9.17, 15) is 4.39 Å². The van der Waals surface area contributed by atoms with E-state index >= 15 is 0 Å². The van der Waals surface area contributed by atoms with E-state index in [-0.39, 0.29) is 22.8 Å². The van der Waals surface area contributed by atoms with Gasteiger partial charge in [0.05, 0.1) is 0 Å². The first-order chi connectivity index (χ1) is 6.84. The summed E-state index contributed by atoms with van der Waals surface area (Å²) in [7, 11) is 0. The van der Waals surface area contributed by atoms with Crippen molar-refractivity contribution in [1.82, 2.24) is 5.32 Å². The molecule has 1 fully saturated rings. The molecule has 0 unspecified atom stereocenters. The molecule has 0 aromatic heterocycles. The van der Waals surface area contributed by atoms with Crippen LogP contribution in [0, 0.1) is 11.7 Å². The Bertz CT molecular complexity index is 280. The van der Waals surface area contributed by atoms with Gasteiger partial charge in [0.1, 0.15) is 5.82 Å². The number of nitrogens with one attached hydrogen (secondary N) is 1. The van der Waals surface area contributed by atoms with E-state index in [4.69, 9.17) is 0 Å². The molecule has 0 bridgehead atoms. The Morgan fingerprint density at radius 1 is 1.13 bits per heavy atom. The van der Waals surface area contributed by atoms with Gasteiger partial charge in [0.2, 0.25) is 0 Å². The van der Waals surface area contributed by atoms with E-state index < -0.39 is 0 Å². The fourth-order valence-electron chi connectivity index (χ4n) is 2.04. The Hall–Kier alpha value is -0.410. The molecule has 0 radical (unpaired) electrons. The van der Waals surface area contributed by atoms with Gasteiger partial charge in [-0.25, -0.2) is 4.39 Å². The van der Waals surface area contributed by atoms with Crippen molar-refractivity contribution < 1.29 is 4.39 Å². The topological polar surface area (TPSA) is 12.0 Å². The zero-order valence-electron chi connectivity index (χ0n) is 8.71. The summed E-state index contributed by atoms with van der Waals surface area (Å²) in [5, 5.41) is 3.35. The molecule has 1 aromatic carbocycles. The SMILES string of the molecule is Br.Fc1ccc(CC2CCNCC2)cc1. The minimum atomic E-state index is -0.140. The van der Waals surface area contributed by atoms with Crippen molar-refractivity contribution in [2.24, 2.45) is 5.92 Å². The van der Waals surface area contributed by atoms with Gasteiger partial charge in [-0.05, 0) is 56.0 Å². The molecular weight excluding hydrogens is 257 g/mol. The average molecular weight is 274 g/mol. The summed E-state index contributed by atoms with van der Waals surface area (Å²) in [6.45, 7) is 2.26. The lowest BCUT2D eigenvalue weighted by atomic mass is 9.91. The molecule has 0 spiro atoms. The fraction of sp³-hybridized carbons (Fsp3) is 0.500. The van der Waals surface area contributed by atoms with Crippen LogP contribution >= 0.6 is 17.0 Å². The Morgan fingerprint density at radius 2 is 1.73 bits per heavy atom. The molecule has 1 nitrogen and oxygen atoms in total.